The summed E-state index contributed by atoms with van der Waals surface area (Å²) in [5.74, 6) is -0.427. The maximum Gasteiger partial charge on any atom is 0.339 e. The number of hydrogen-bond donors (Lipinski definition) is 2. The minimum atomic E-state index is -0.910. The average molecular weight is 272 g/mol. The molecule has 0 aliphatic heterocycles. The first-order valence-electron chi connectivity index (χ1n) is 5.79. The van der Waals surface area contributed by atoms with Crippen LogP contribution >= 0.6 is 11.6 Å². The highest BCUT2D eigenvalue weighted by molar-refractivity contribution is 6.33. The average Bonchev–Trinajstić information content (AvgIpc) is 2.27. The van der Waals surface area contributed by atoms with Crippen LogP contribution in [-0.2, 0) is 4.74 Å². The van der Waals surface area contributed by atoms with E-state index in [4.69, 9.17) is 16.3 Å². The summed E-state index contributed by atoms with van der Waals surface area (Å²) in [6.45, 7) is 4.16. The molecule has 0 aliphatic rings. The molecule has 5 heteroatoms. The number of aliphatic hydroxyl groups is 1. The molecule has 100 valence electrons. The number of esters is 1. The Balaban J connectivity index is 2.28. The van der Waals surface area contributed by atoms with Gasteiger partial charge < -0.3 is 9.84 Å². The van der Waals surface area contributed by atoms with E-state index in [0.29, 0.717) is 23.6 Å². The van der Waals surface area contributed by atoms with Gasteiger partial charge in [0, 0.05) is 6.54 Å². The zero-order valence-electron chi connectivity index (χ0n) is 10.6. The maximum absolute atomic E-state index is 11.6. The van der Waals surface area contributed by atoms with Crippen LogP contribution in [0.3, 0.4) is 0 Å². The summed E-state index contributed by atoms with van der Waals surface area (Å²) in [5.41, 5.74) is -0.540. The molecule has 0 spiro atoms. The minimum absolute atomic E-state index is 0.285. The van der Waals surface area contributed by atoms with Crippen LogP contribution in [0.5, 0.6) is 0 Å². The van der Waals surface area contributed by atoms with E-state index in [1.54, 1.807) is 38.1 Å². The van der Waals surface area contributed by atoms with Gasteiger partial charge in [-0.3, -0.25) is 5.32 Å². The normalized spacial score (nSPS) is 11.3. The smallest absolute Gasteiger partial charge is 0.339 e. The van der Waals surface area contributed by atoms with Gasteiger partial charge in [-0.2, -0.15) is 0 Å². The van der Waals surface area contributed by atoms with Crippen LogP contribution in [0.1, 0.15) is 30.6 Å². The van der Waals surface area contributed by atoms with Gasteiger partial charge in [-0.25, -0.2) is 4.79 Å². The van der Waals surface area contributed by atoms with Gasteiger partial charge in [-0.1, -0.05) is 23.7 Å². The van der Waals surface area contributed by atoms with Crippen LogP contribution in [0.15, 0.2) is 24.3 Å². The monoisotopic (exact) mass is 271 g/mol. The number of ether oxygens (including phenoxy) is 1. The van der Waals surface area contributed by atoms with Crippen LogP contribution in [0.25, 0.3) is 0 Å². The topological polar surface area (TPSA) is 58.6 Å². The second kappa shape index (κ2) is 6.73. The van der Waals surface area contributed by atoms with Crippen LogP contribution < -0.4 is 5.32 Å². The SMILES string of the molecule is CC(C)(O)NCCCOC(=O)c1ccccc1Cl. The van der Waals surface area contributed by atoms with Crippen molar-refractivity contribution in [2.45, 2.75) is 26.0 Å². The molecule has 0 aliphatic carbocycles. The highest BCUT2D eigenvalue weighted by atomic mass is 35.5. The van der Waals surface area contributed by atoms with E-state index in [1.165, 1.54) is 0 Å². The standard InChI is InChI=1S/C13H18ClNO3/c1-13(2,17)15-8-5-9-18-12(16)10-6-3-4-7-11(10)14/h3-4,6-7,15,17H,5,8-9H2,1-2H3. The lowest BCUT2D eigenvalue weighted by molar-refractivity contribution is 0.0376. The third kappa shape index (κ3) is 5.49. The molecule has 1 aromatic rings. The number of nitrogens with one attached hydrogen (secondary N) is 1. The zero-order valence-corrected chi connectivity index (χ0v) is 11.3. The Labute approximate surface area is 112 Å². The summed E-state index contributed by atoms with van der Waals surface area (Å²) < 4.78 is 5.08. The lowest BCUT2D eigenvalue weighted by atomic mass is 10.2. The van der Waals surface area contributed by atoms with Crippen molar-refractivity contribution in [3.05, 3.63) is 34.9 Å². The van der Waals surface area contributed by atoms with Gasteiger partial charge in [-0.05, 0) is 32.4 Å². The quantitative estimate of drug-likeness (QED) is 0.473. The molecule has 2 N–H and O–H groups in total. The largest absolute Gasteiger partial charge is 0.462 e. The van der Waals surface area contributed by atoms with Crippen LogP contribution in [0.2, 0.25) is 5.02 Å². The number of carbonyl (C=O) groups excluding carboxylic acids is 1. The maximum atomic E-state index is 11.6. The first-order valence-corrected chi connectivity index (χ1v) is 6.17. The summed E-state index contributed by atoms with van der Waals surface area (Å²) in [7, 11) is 0. The number of carbonyl (C=O) groups is 1. The molecular weight excluding hydrogens is 254 g/mol. The number of halogens is 1. The van der Waals surface area contributed by atoms with Gasteiger partial charge >= 0.3 is 5.97 Å². The molecule has 1 aromatic carbocycles. The van der Waals surface area contributed by atoms with E-state index >= 15 is 0 Å². The molecule has 0 fully saturated rings. The van der Waals surface area contributed by atoms with E-state index in [2.05, 4.69) is 5.32 Å². The van der Waals surface area contributed by atoms with Crippen molar-refractivity contribution in [2.24, 2.45) is 0 Å². The van der Waals surface area contributed by atoms with Crippen molar-refractivity contribution in [3.8, 4) is 0 Å². The van der Waals surface area contributed by atoms with Gasteiger partial charge in [0.05, 0.1) is 17.2 Å². The molecule has 0 aromatic heterocycles. The summed E-state index contributed by atoms with van der Waals surface area (Å²) >= 11 is 5.87. The molecule has 0 bridgehead atoms. The third-order valence-electron chi connectivity index (χ3n) is 2.21. The number of hydrogen-bond acceptors (Lipinski definition) is 4. The van der Waals surface area contributed by atoms with E-state index in [1.807, 2.05) is 0 Å². The van der Waals surface area contributed by atoms with E-state index in [-0.39, 0.29) is 6.61 Å². The molecule has 0 saturated heterocycles. The highest BCUT2D eigenvalue weighted by Gasteiger charge is 2.12. The van der Waals surface area contributed by atoms with Gasteiger partial charge in [-0.15, -0.1) is 0 Å². The molecule has 18 heavy (non-hydrogen) atoms. The van der Waals surface area contributed by atoms with E-state index < -0.39 is 11.7 Å². The second-order valence-corrected chi connectivity index (χ2v) is 4.86. The Morgan fingerprint density at radius 2 is 2.11 bits per heavy atom. The van der Waals surface area contributed by atoms with Crippen LogP contribution in [0, 0.1) is 0 Å². The fourth-order valence-corrected chi connectivity index (χ4v) is 1.55. The molecule has 0 unspecified atom stereocenters. The highest BCUT2D eigenvalue weighted by Crippen LogP contribution is 2.15. The summed E-state index contributed by atoms with van der Waals surface area (Å²) in [6.07, 6.45) is 0.625. The summed E-state index contributed by atoms with van der Waals surface area (Å²) in [5, 5.41) is 12.7. The van der Waals surface area contributed by atoms with E-state index in [0.717, 1.165) is 0 Å². The van der Waals surface area contributed by atoms with E-state index in [9.17, 15) is 9.90 Å². The molecule has 0 atom stereocenters. The molecule has 1 rings (SSSR count). The Morgan fingerprint density at radius 3 is 2.72 bits per heavy atom. The fourth-order valence-electron chi connectivity index (χ4n) is 1.34. The van der Waals surface area contributed by atoms with Crippen molar-refractivity contribution in [1.82, 2.24) is 5.32 Å². The Morgan fingerprint density at radius 1 is 1.44 bits per heavy atom. The Kier molecular flexibility index (Phi) is 5.59. The lowest BCUT2D eigenvalue weighted by Crippen LogP contribution is -2.39. The van der Waals surface area contributed by atoms with Crippen molar-refractivity contribution in [1.29, 1.82) is 0 Å². The third-order valence-corrected chi connectivity index (χ3v) is 2.54. The van der Waals surface area contributed by atoms with Crippen molar-refractivity contribution >= 4 is 17.6 Å². The Bertz CT molecular complexity index is 401. The molecule has 4 nitrogen and oxygen atoms in total. The lowest BCUT2D eigenvalue weighted by Gasteiger charge is -2.18. The van der Waals surface area contributed by atoms with Crippen LogP contribution in [-0.4, -0.2) is 30.0 Å². The number of rotatable bonds is 6. The fraction of sp³-hybridized carbons (Fsp3) is 0.462. The van der Waals surface area contributed by atoms with Gasteiger partial charge in [0.25, 0.3) is 0 Å². The predicted octanol–water partition coefficient (Wildman–Crippen LogP) is 2.20. The van der Waals surface area contributed by atoms with Crippen LogP contribution in [0.4, 0.5) is 0 Å². The molecule has 0 radical (unpaired) electrons. The number of benzene rings is 1. The zero-order chi connectivity index (χ0) is 13.6. The Hall–Kier alpha value is -1.10. The summed E-state index contributed by atoms with van der Waals surface area (Å²) in [4.78, 5) is 11.6. The van der Waals surface area contributed by atoms with Gasteiger partial charge in [0.2, 0.25) is 0 Å². The second-order valence-electron chi connectivity index (χ2n) is 4.46. The predicted molar refractivity (Wildman–Crippen MR) is 70.7 cm³/mol. The van der Waals surface area contributed by atoms with Gasteiger partial charge in [0.1, 0.15) is 5.72 Å². The molecule has 0 heterocycles. The molecule has 0 amide bonds. The first-order chi connectivity index (χ1) is 8.40. The summed E-state index contributed by atoms with van der Waals surface area (Å²) in [6, 6.07) is 6.76. The first kappa shape index (κ1) is 15.0. The minimum Gasteiger partial charge on any atom is -0.462 e. The van der Waals surface area contributed by atoms with Crippen molar-refractivity contribution in [3.63, 3.8) is 0 Å². The van der Waals surface area contributed by atoms with Crippen molar-refractivity contribution < 1.29 is 14.6 Å². The molecular formula is C13H18ClNO3. The molecule has 0 saturated carbocycles. The van der Waals surface area contributed by atoms with Crippen molar-refractivity contribution in [2.75, 3.05) is 13.2 Å². The van der Waals surface area contributed by atoms with Gasteiger partial charge in [0.15, 0.2) is 0 Å².